The Labute approximate surface area is 107 Å². The van der Waals surface area contributed by atoms with Crippen LogP contribution in [0.15, 0.2) is 18.2 Å². The van der Waals surface area contributed by atoms with Gasteiger partial charge in [-0.1, -0.05) is 6.07 Å². The van der Waals surface area contributed by atoms with E-state index in [1.165, 1.54) is 13.8 Å². The van der Waals surface area contributed by atoms with E-state index >= 15 is 0 Å². The summed E-state index contributed by atoms with van der Waals surface area (Å²) in [5.74, 6) is -0.398. The van der Waals surface area contributed by atoms with Crippen molar-refractivity contribution < 1.29 is 14.3 Å². The Morgan fingerprint density at radius 1 is 1.28 bits per heavy atom. The Hall–Kier alpha value is -2.04. The van der Waals surface area contributed by atoms with Crippen LogP contribution in [0.4, 0.5) is 11.4 Å². The minimum Gasteiger partial charge on any atom is -0.464 e. The molecule has 18 heavy (non-hydrogen) atoms. The minimum absolute atomic E-state index is 0.107. The molecule has 0 atom stereocenters. The fourth-order valence-corrected chi connectivity index (χ4v) is 1.47. The van der Waals surface area contributed by atoms with Crippen molar-refractivity contribution in [2.75, 3.05) is 23.8 Å². The summed E-state index contributed by atoms with van der Waals surface area (Å²) in [5.41, 5.74) is 2.71. The van der Waals surface area contributed by atoms with Crippen molar-refractivity contribution in [3.8, 4) is 0 Å². The maximum Gasteiger partial charge on any atom is 0.302 e. The Kier molecular flexibility index (Phi) is 5.17. The van der Waals surface area contributed by atoms with E-state index in [0.29, 0.717) is 13.2 Å². The highest BCUT2D eigenvalue weighted by Gasteiger charge is 2.01. The SMILES string of the molecule is CC(=O)Nc1ccc(C)c(NCCOC(C)=O)c1. The second-order valence-corrected chi connectivity index (χ2v) is 3.98. The number of esters is 1. The summed E-state index contributed by atoms with van der Waals surface area (Å²) in [7, 11) is 0. The molecule has 0 fully saturated rings. The normalized spacial score (nSPS) is 9.72. The number of benzene rings is 1. The molecule has 0 aromatic heterocycles. The minimum atomic E-state index is -0.291. The quantitative estimate of drug-likeness (QED) is 0.619. The summed E-state index contributed by atoms with van der Waals surface area (Å²) in [4.78, 5) is 21.6. The monoisotopic (exact) mass is 250 g/mol. The van der Waals surface area contributed by atoms with Crippen LogP contribution in [0.25, 0.3) is 0 Å². The largest absolute Gasteiger partial charge is 0.464 e. The highest BCUT2D eigenvalue weighted by molar-refractivity contribution is 5.89. The zero-order valence-corrected chi connectivity index (χ0v) is 10.9. The van der Waals surface area contributed by atoms with Gasteiger partial charge in [-0.3, -0.25) is 9.59 Å². The lowest BCUT2D eigenvalue weighted by Crippen LogP contribution is -2.13. The molecule has 0 saturated heterocycles. The van der Waals surface area contributed by atoms with Gasteiger partial charge in [-0.05, 0) is 24.6 Å². The lowest BCUT2D eigenvalue weighted by Gasteiger charge is -2.11. The van der Waals surface area contributed by atoms with Gasteiger partial charge >= 0.3 is 5.97 Å². The van der Waals surface area contributed by atoms with E-state index in [1.54, 1.807) is 0 Å². The second-order valence-electron chi connectivity index (χ2n) is 3.98. The molecule has 0 bridgehead atoms. The first-order chi connectivity index (χ1) is 8.49. The van der Waals surface area contributed by atoms with Crippen molar-refractivity contribution in [3.05, 3.63) is 23.8 Å². The predicted octanol–water partition coefficient (Wildman–Crippen LogP) is 1.93. The first-order valence-electron chi connectivity index (χ1n) is 5.74. The van der Waals surface area contributed by atoms with Crippen LogP contribution in [-0.4, -0.2) is 25.0 Å². The van der Waals surface area contributed by atoms with Crippen LogP contribution in [0.5, 0.6) is 0 Å². The van der Waals surface area contributed by atoms with Crippen LogP contribution in [0, 0.1) is 6.92 Å². The van der Waals surface area contributed by atoms with Crippen molar-refractivity contribution in [2.45, 2.75) is 20.8 Å². The van der Waals surface area contributed by atoms with E-state index in [4.69, 9.17) is 4.74 Å². The maximum atomic E-state index is 11.0. The standard InChI is InChI=1S/C13H18N2O3/c1-9-4-5-12(15-10(2)16)8-13(9)14-6-7-18-11(3)17/h4-5,8,14H,6-7H2,1-3H3,(H,15,16). The molecule has 0 spiro atoms. The van der Waals surface area contributed by atoms with Gasteiger partial charge in [0.15, 0.2) is 0 Å². The summed E-state index contributed by atoms with van der Waals surface area (Å²) in [5, 5.41) is 5.87. The molecule has 98 valence electrons. The summed E-state index contributed by atoms with van der Waals surface area (Å²) in [6.07, 6.45) is 0. The summed E-state index contributed by atoms with van der Waals surface area (Å²) < 4.78 is 4.83. The number of ether oxygens (including phenoxy) is 1. The number of rotatable bonds is 5. The van der Waals surface area contributed by atoms with Gasteiger partial charge in [0.1, 0.15) is 6.61 Å². The molecule has 0 heterocycles. The van der Waals surface area contributed by atoms with Gasteiger partial charge in [0.2, 0.25) is 5.91 Å². The summed E-state index contributed by atoms with van der Waals surface area (Å²) in [6.45, 7) is 5.66. The number of amides is 1. The van der Waals surface area contributed by atoms with Gasteiger partial charge in [-0.2, -0.15) is 0 Å². The molecule has 1 amide bonds. The third-order valence-corrected chi connectivity index (χ3v) is 2.28. The molecule has 0 saturated carbocycles. The van der Waals surface area contributed by atoms with E-state index in [0.717, 1.165) is 16.9 Å². The van der Waals surface area contributed by atoms with Gasteiger partial charge < -0.3 is 15.4 Å². The van der Waals surface area contributed by atoms with E-state index in [2.05, 4.69) is 10.6 Å². The lowest BCUT2D eigenvalue weighted by atomic mass is 10.2. The van der Waals surface area contributed by atoms with E-state index in [-0.39, 0.29) is 11.9 Å². The van der Waals surface area contributed by atoms with Crippen molar-refractivity contribution in [2.24, 2.45) is 0 Å². The predicted molar refractivity (Wildman–Crippen MR) is 70.6 cm³/mol. The topological polar surface area (TPSA) is 67.4 Å². The van der Waals surface area contributed by atoms with Crippen LogP contribution >= 0.6 is 0 Å². The Morgan fingerprint density at radius 3 is 2.61 bits per heavy atom. The first kappa shape index (κ1) is 14.0. The Morgan fingerprint density at radius 2 is 2.00 bits per heavy atom. The molecular weight excluding hydrogens is 232 g/mol. The molecular formula is C13H18N2O3. The van der Waals surface area contributed by atoms with Gasteiger partial charge in [0, 0.05) is 31.8 Å². The number of carbonyl (C=O) groups is 2. The molecule has 0 aliphatic heterocycles. The van der Waals surface area contributed by atoms with E-state index in [9.17, 15) is 9.59 Å². The molecule has 0 unspecified atom stereocenters. The van der Waals surface area contributed by atoms with Crippen molar-refractivity contribution in [1.29, 1.82) is 0 Å². The number of hydrogen-bond donors (Lipinski definition) is 2. The molecule has 0 radical (unpaired) electrons. The number of carbonyl (C=O) groups excluding carboxylic acids is 2. The van der Waals surface area contributed by atoms with Gasteiger partial charge in [-0.15, -0.1) is 0 Å². The highest BCUT2D eigenvalue weighted by Crippen LogP contribution is 2.19. The number of nitrogens with one attached hydrogen (secondary N) is 2. The van der Waals surface area contributed by atoms with Gasteiger partial charge in [0.05, 0.1) is 0 Å². The van der Waals surface area contributed by atoms with Crippen LogP contribution in [0.2, 0.25) is 0 Å². The van der Waals surface area contributed by atoms with Crippen molar-refractivity contribution >= 4 is 23.3 Å². The Bertz CT molecular complexity index is 444. The zero-order chi connectivity index (χ0) is 13.5. The molecule has 1 aromatic carbocycles. The summed E-state index contributed by atoms with van der Waals surface area (Å²) in [6, 6.07) is 5.61. The molecule has 1 rings (SSSR count). The third-order valence-electron chi connectivity index (χ3n) is 2.28. The molecule has 1 aromatic rings. The van der Waals surface area contributed by atoms with Crippen molar-refractivity contribution in [1.82, 2.24) is 0 Å². The second kappa shape index (κ2) is 6.64. The Balaban J connectivity index is 2.58. The third kappa shape index (κ3) is 4.86. The zero-order valence-electron chi connectivity index (χ0n) is 10.9. The maximum absolute atomic E-state index is 11.0. The van der Waals surface area contributed by atoms with Crippen LogP contribution in [0.1, 0.15) is 19.4 Å². The summed E-state index contributed by atoms with van der Waals surface area (Å²) >= 11 is 0. The van der Waals surface area contributed by atoms with Gasteiger partial charge in [0.25, 0.3) is 0 Å². The first-order valence-corrected chi connectivity index (χ1v) is 5.74. The fourth-order valence-electron chi connectivity index (χ4n) is 1.47. The van der Waals surface area contributed by atoms with Crippen LogP contribution in [-0.2, 0) is 14.3 Å². The number of anilines is 2. The lowest BCUT2D eigenvalue weighted by molar-refractivity contribution is -0.140. The average molecular weight is 250 g/mol. The molecule has 0 aliphatic carbocycles. The molecule has 5 heteroatoms. The number of aryl methyl sites for hydroxylation is 1. The van der Waals surface area contributed by atoms with Crippen LogP contribution < -0.4 is 10.6 Å². The molecule has 5 nitrogen and oxygen atoms in total. The average Bonchev–Trinajstić information content (AvgIpc) is 2.27. The van der Waals surface area contributed by atoms with E-state index in [1.807, 2.05) is 25.1 Å². The van der Waals surface area contributed by atoms with E-state index < -0.39 is 0 Å². The van der Waals surface area contributed by atoms with Crippen LogP contribution in [0.3, 0.4) is 0 Å². The number of hydrogen-bond acceptors (Lipinski definition) is 4. The molecule has 0 aliphatic rings. The fraction of sp³-hybridized carbons (Fsp3) is 0.385. The highest BCUT2D eigenvalue weighted by atomic mass is 16.5. The molecule has 2 N–H and O–H groups in total. The van der Waals surface area contributed by atoms with Gasteiger partial charge in [-0.25, -0.2) is 0 Å². The van der Waals surface area contributed by atoms with Crippen molar-refractivity contribution in [3.63, 3.8) is 0 Å². The smallest absolute Gasteiger partial charge is 0.302 e.